The predicted octanol–water partition coefficient (Wildman–Crippen LogP) is 3.75. The molecule has 2 N–H and O–H groups in total. The van der Waals surface area contributed by atoms with E-state index in [9.17, 15) is 0 Å². The van der Waals surface area contributed by atoms with Crippen LogP contribution in [0.5, 0.6) is 0 Å². The first kappa shape index (κ1) is 14.5. The van der Waals surface area contributed by atoms with Crippen LogP contribution in [0.15, 0.2) is 6.20 Å². The van der Waals surface area contributed by atoms with E-state index in [2.05, 4.69) is 25.8 Å². The average Bonchev–Trinajstić information content (AvgIpc) is 2.77. The molecule has 2 fully saturated rings. The van der Waals surface area contributed by atoms with Crippen LogP contribution in [-0.2, 0) is 0 Å². The number of hydrogen-bond donors (Lipinski definition) is 2. The summed E-state index contributed by atoms with van der Waals surface area (Å²) in [5, 5.41) is 15.2. The molecule has 1 aromatic heterocycles. The van der Waals surface area contributed by atoms with Crippen molar-refractivity contribution in [2.24, 2.45) is 0 Å². The second-order valence-electron chi connectivity index (χ2n) is 6.48. The van der Waals surface area contributed by atoms with Gasteiger partial charge in [0.1, 0.15) is 0 Å². The normalized spacial score (nSPS) is 21.7. The molecule has 3 rings (SSSR count). The molecule has 2 aliphatic rings. The Morgan fingerprint density at radius 2 is 1.33 bits per heavy atom. The van der Waals surface area contributed by atoms with Crippen molar-refractivity contribution < 1.29 is 0 Å². The molecule has 116 valence electrons. The van der Waals surface area contributed by atoms with Gasteiger partial charge in [0.25, 0.3) is 0 Å². The Hall–Kier alpha value is -1.39. The summed E-state index contributed by atoms with van der Waals surface area (Å²) in [4.78, 5) is 4.60. The molecule has 0 saturated heterocycles. The van der Waals surface area contributed by atoms with Crippen molar-refractivity contribution in [3.05, 3.63) is 6.20 Å². The standard InChI is InChI=1S/C16H27N5/c1-2-5-9-13(8-4-1)18-15-12-17-21-16(20-15)19-14-10-6-3-7-11-14/h12-14H,1-11H2,(H2,18,19,20,21). The maximum absolute atomic E-state index is 4.60. The lowest BCUT2D eigenvalue weighted by Gasteiger charge is -2.23. The highest BCUT2D eigenvalue weighted by atomic mass is 15.3. The molecule has 5 heteroatoms. The maximum atomic E-state index is 4.60. The largest absolute Gasteiger partial charge is 0.366 e. The van der Waals surface area contributed by atoms with Gasteiger partial charge >= 0.3 is 0 Å². The zero-order valence-electron chi connectivity index (χ0n) is 12.9. The Labute approximate surface area is 127 Å². The van der Waals surface area contributed by atoms with Crippen molar-refractivity contribution in [1.82, 2.24) is 15.2 Å². The fraction of sp³-hybridized carbons (Fsp3) is 0.812. The molecular formula is C16H27N5. The number of anilines is 2. The van der Waals surface area contributed by atoms with Crippen LogP contribution in [0.25, 0.3) is 0 Å². The minimum Gasteiger partial charge on any atom is -0.366 e. The second-order valence-corrected chi connectivity index (χ2v) is 6.48. The van der Waals surface area contributed by atoms with Gasteiger partial charge in [0.15, 0.2) is 5.82 Å². The molecule has 0 bridgehead atoms. The Morgan fingerprint density at radius 1 is 0.762 bits per heavy atom. The van der Waals surface area contributed by atoms with Crippen molar-refractivity contribution in [1.29, 1.82) is 0 Å². The monoisotopic (exact) mass is 289 g/mol. The highest BCUT2D eigenvalue weighted by molar-refractivity contribution is 5.38. The van der Waals surface area contributed by atoms with Crippen molar-refractivity contribution >= 4 is 11.8 Å². The van der Waals surface area contributed by atoms with Crippen molar-refractivity contribution in [3.8, 4) is 0 Å². The number of hydrogen-bond acceptors (Lipinski definition) is 5. The average molecular weight is 289 g/mol. The van der Waals surface area contributed by atoms with Crippen molar-refractivity contribution in [2.45, 2.75) is 82.7 Å². The molecule has 0 aromatic carbocycles. The van der Waals surface area contributed by atoms with Gasteiger partial charge in [0.2, 0.25) is 5.95 Å². The highest BCUT2D eigenvalue weighted by Crippen LogP contribution is 2.22. The lowest BCUT2D eigenvalue weighted by molar-refractivity contribution is 0.460. The van der Waals surface area contributed by atoms with Crippen LogP contribution in [0, 0.1) is 0 Å². The van der Waals surface area contributed by atoms with Crippen LogP contribution in [0.1, 0.15) is 70.6 Å². The van der Waals surface area contributed by atoms with Gasteiger partial charge < -0.3 is 10.6 Å². The van der Waals surface area contributed by atoms with E-state index < -0.39 is 0 Å². The van der Waals surface area contributed by atoms with Crippen LogP contribution in [0.3, 0.4) is 0 Å². The first-order valence-electron chi connectivity index (χ1n) is 8.63. The second kappa shape index (κ2) is 7.57. The Balaban J connectivity index is 1.56. The van der Waals surface area contributed by atoms with E-state index in [0.717, 1.165) is 5.82 Å². The van der Waals surface area contributed by atoms with Crippen molar-refractivity contribution in [3.63, 3.8) is 0 Å². The van der Waals surface area contributed by atoms with Gasteiger partial charge in [-0.1, -0.05) is 44.9 Å². The van der Waals surface area contributed by atoms with E-state index >= 15 is 0 Å². The predicted molar refractivity (Wildman–Crippen MR) is 85.4 cm³/mol. The van der Waals surface area contributed by atoms with Gasteiger partial charge in [-0.15, -0.1) is 5.10 Å². The zero-order valence-corrected chi connectivity index (χ0v) is 12.9. The third-order valence-corrected chi connectivity index (χ3v) is 4.70. The summed E-state index contributed by atoms with van der Waals surface area (Å²) >= 11 is 0. The van der Waals surface area contributed by atoms with Gasteiger partial charge in [-0.05, 0) is 25.7 Å². The van der Waals surface area contributed by atoms with E-state index in [0.29, 0.717) is 18.0 Å². The molecule has 0 amide bonds. The maximum Gasteiger partial charge on any atom is 0.244 e. The fourth-order valence-electron chi connectivity index (χ4n) is 3.50. The topological polar surface area (TPSA) is 62.7 Å². The van der Waals surface area contributed by atoms with Crippen LogP contribution < -0.4 is 10.6 Å². The van der Waals surface area contributed by atoms with E-state index in [-0.39, 0.29) is 0 Å². The van der Waals surface area contributed by atoms with Gasteiger partial charge in [0, 0.05) is 12.1 Å². The fourth-order valence-corrected chi connectivity index (χ4v) is 3.50. The summed E-state index contributed by atoms with van der Waals surface area (Å²) in [6.07, 6.45) is 16.1. The summed E-state index contributed by atoms with van der Waals surface area (Å²) < 4.78 is 0. The Bertz CT molecular complexity index is 422. The van der Waals surface area contributed by atoms with Gasteiger partial charge in [-0.25, -0.2) is 0 Å². The molecule has 0 radical (unpaired) electrons. The molecule has 0 atom stereocenters. The minimum absolute atomic E-state index is 0.522. The molecule has 1 heterocycles. The van der Waals surface area contributed by atoms with Crippen LogP contribution in [-0.4, -0.2) is 27.3 Å². The minimum atomic E-state index is 0.522. The summed E-state index contributed by atoms with van der Waals surface area (Å²) in [6.45, 7) is 0. The van der Waals surface area contributed by atoms with Crippen LogP contribution >= 0.6 is 0 Å². The number of nitrogens with one attached hydrogen (secondary N) is 2. The molecule has 0 aliphatic heterocycles. The number of rotatable bonds is 4. The number of nitrogens with zero attached hydrogens (tertiary/aromatic N) is 3. The molecule has 0 spiro atoms. The number of aromatic nitrogens is 3. The van der Waals surface area contributed by atoms with E-state index in [1.807, 2.05) is 0 Å². The van der Waals surface area contributed by atoms with Gasteiger partial charge in [-0.2, -0.15) is 10.1 Å². The smallest absolute Gasteiger partial charge is 0.244 e. The lowest BCUT2D eigenvalue weighted by Crippen LogP contribution is -2.24. The first-order chi connectivity index (χ1) is 10.4. The molecular weight excluding hydrogens is 262 g/mol. The lowest BCUT2D eigenvalue weighted by atomic mass is 9.96. The molecule has 5 nitrogen and oxygen atoms in total. The van der Waals surface area contributed by atoms with Gasteiger partial charge in [0.05, 0.1) is 6.20 Å². The quantitative estimate of drug-likeness (QED) is 0.827. The summed E-state index contributed by atoms with van der Waals surface area (Å²) in [5.74, 6) is 1.55. The van der Waals surface area contributed by atoms with Gasteiger partial charge in [-0.3, -0.25) is 0 Å². The van der Waals surface area contributed by atoms with Crippen LogP contribution in [0.4, 0.5) is 11.8 Å². The van der Waals surface area contributed by atoms with Crippen LogP contribution in [0.2, 0.25) is 0 Å². The first-order valence-corrected chi connectivity index (χ1v) is 8.63. The molecule has 21 heavy (non-hydrogen) atoms. The third kappa shape index (κ3) is 4.55. The third-order valence-electron chi connectivity index (χ3n) is 4.70. The molecule has 0 unspecified atom stereocenters. The summed E-state index contributed by atoms with van der Waals surface area (Å²) in [6, 6.07) is 1.07. The van der Waals surface area contributed by atoms with E-state index in [1.54, 1.807) is 6.20 Å². The SMILES string of the molecule is c1nnc(NC2CCCCC2)nc1NC1CCCCCC1. The molecule has 2 saturated carbocycles. The molecule has 2 aliphatic carbocycles. The zero-order chi connectivity index (χ0) is 14.3. The summed E-state index contributed by atoms with van der Waals surface area (Å²) in [5.41, 5.74) is 0. The highest BCUT2D eigenvalue weighted by Gasteiger charge is 2.16. The summed E-state index contributed by atoms with van der Waals surface area (Å²) in [7, 11) is 0. The Morgan fingerprint density at radius 3 is 2.00 bits per heavy atom. The Kier molecular flexibility index (Phi) is 5.24. The molecule has 1 aromatic rings. The van der Waals surface area contributed by atoms with E-state index in [1.165, 1.54) is 70.6 Å². The van der Waals surface area contributed by atoms with E-state index in [4.69, 9.17) is 0 Å². The van der Waals surface area contributed by atoms with Crippen molar-refractivity contribution in [2.75, 3.05) is 10.6 Å².